The third-order valence-electron chi connectivity index (χ3n) is 7.11. The molecule has 0 aromatic rings. The van der Waals surface area contributed by atoms with Crippen molar-refractivity contribution in [3.63, 3.8) is 0 Å². The Morgan fingerprint density at radius 1 is 0.636 bits per heavy atom. The van der Waals surface area contributed by atoms with E-state index in [1.54, 1.807) is 6.92 Å². The fraction of sp³-hybridized carbons (Fsp3) is 0.727. The van der Waals surface area contributed by atoms with Crippen LogP contribution in [-0.2, 0) is 52.3 Å². The Morgan fingerprint density at radius 3 is 1.06 bits per heavy atom. The number of carbonyl (C=O) groups is 6. The normalized spacial score (nSPS) is 18.6. The van der Waals surface area contributed by atoms with Crippen LogP contribution in [0.25, 0.3) is 0 Å². The zero-order chi connectivity index (χ0) is 26.4. The van der Waals surface area contributed by atoms with Gasteiger partial charge in [0.2, 0.25) is 0 Å². The molecule has 0 spiro atoms. The molecule has 3 unspecified atom stereocenters. The molecule has 0 heterocycles. The fourth-order valence-corrected chi connectivity index (χ4v) is 23.3. The molecule has 3 N–H and O–H groups in total. The molecule has 0 fully saturated rings. The van der Waals surface area contributed by atoms with E-state index in [9.17, 15) is 44.1 Å². The van der Waals surface area contributed by atoms with Crippen LogP contribution < -0.4 is 0 Å². The molecule has 0 aromatic heterocycles. The van der Waals surface area contributed by atoms with E-state index >= 15 is 0 Å². The van der Waals surface area contributed by atoms with Crippen LogP contribution in [-0.4, -0.2) is 57.2 Å². The molecule has 10 nitrogen and oxygen atoms in total. The molecule has 0 aromatic carbocycles. The number of hydrogen-bond acceptors (Lipinski definition) is 7. The Morgan fingerprint density at radius 2 is 0.909 bits per heavy atom. The van der Waals surface area contributed by atoms with Crippen LogP contribution in [0.1, 0.15) is 80.6 Å². The molecule has 3 atom stereocenters. The Labute approximate surface area is 199 Å². The van der Waals surface area contributed by atoms with Crippen molar-refractivity contribution >= 4 is 35.3 Å². The van der Waals surface area contributed by atoms with Crippen molar-refractivity contribution in [1.29, 1.82) is 0 Å². The van der Waals surface area contributed by atoms with Crippen LogP contribution >= 0.6 is 0 Å². The van der Waals surface area contributed by atoms with Crippen LogP contribution in [0.15, 0.2) is 0 Å². The second-order valence-corrected chi connectivity index (χ2v) is 18.6. The quantitative estimate of drug-likeness (QED) is 0.190. The summed E-state index contributed by atoms with van der Waals surface area (Å²) in [7, 11) is 0. The predicted molar refractivity (Wildman–Crippen MR) is 115 cm³/mol. The minimum absolute atomic E-state index is 0.278. The second-order valence-electron chi connectivity index (χ2n) is 8.24. The fourth-order valence-electron chi connectivity index (χ4n) is 5.43. The third-order valence-corrected chi connectivity index (χ3v) is 24.3. The zero-order valence-electron chi connectivity index (χ0n) is 20.4. The number of hydrogen-bond donors (Lipinski definition) is 3. The summed E-state index contributed by atoms with van der Waals surface area (Å²) in [6, 6.07) is 0. The summed E-state index contributed by atoms with van der Waals surface area (Å²) in [6.07, 6.45) is -0.767. The Balaban J connectivity index is 8.71. The molecular weight excluding hydrogens is 515 g/mol. The number of Topliss-reactive ketones (excluding diaryl/α,β-unsaturated/α-hetero) is 3. The first-order chi connectivity index (χ1) is 15.2. The summed E-state index contributed by atoms with van der Waals surface area (Å²) in [5, 5.41) is 31.4. The molecule has 0 aliphatic carbocycles. The molecule has 0 saturated carbocycles. The van der Waals surface area contributed by atoms with E-state index in [0.717, 1.165) is 20.8 Å². The molecule has 33 heavy (non-hydrogen) atoms. The van der Waals surface area contributed by atoms with Gasteiger partial charge in [-0.15, -0.1) is 0 Å². The molecular formula is C22H36O10Zr. The van der Waals surface area contributed by atoms with Gasteiger partial charge < -0.3 is 0 Å². The Bertz CT molecular complexity index is 676. The Kier molecular flexibility index (Phi) is 11.0. The number of aliphatic carboxylic acids is 3. The first-order valence-corrected chi connectivity index (χ1v) is 15.7. The Hall–Kier alpha value is -1.74. The van der Waals surface area contributed by atoms with Crippen molar-refractivity contribution in [2.45, 2.75) is 89.9 Å². The number of carboxylic acid groups (broad SMARTS) is 3. The van der Waals surface area contributed by atoms with Crippen LogP contribution in [0.4, 0.5) is 0 Å². The molecule has 188 valence electrons. The molecule has 0 saturated heterocycles. The van der Waals surface area contributed by atoms with Gasteiger partial charge in [-0.1, -0.05) is 0 Å². The maximum atomic E-state index is 13.2. The molecule has 0 amide bonds. The van der Waals surface area contributed by atoms with Gasteiger partial charge in [0, 0.05) is 0 Å². The number of ketones is 3. The van der Waals surface area contributed by atoms with Crippen LogP contribution in [0.5, 0.6) is 0 Å². The first kappa shape index (κ1) is 31.3. The van der Waals surface area contributed by atoms with E-state index in [4.69, 9.17) is 2.81 Å². The van der Waals surface area contributed by atoms with Gasteiger partial charge in [-0.3, -0.25) is 0 Å². The van der Waals surface area contributed by atoms with Crippen molar-refractivity contribution in [3.05, 3.63) is 0 Å². The van der Waals surface area contributed by atoms with E-state index in [1.807, 2.05) is 0 Å². The van der Waals surface area contributed by atoms with Crippen molar-refractivity contribution in [2.24, 2.45) is 0 Å². The monoisotopic (exact) mass is 550 g/mol. The van der Waals surface area contributed by atoms with Gasteiger partial charge in [0.15, 0.2) is 0 Å². The van der Waals surface area contributed by atoms with Crippen LogP contribution in [0.2, 0.25) is 9.37 Å². The summed E-state index contributed by atoms with van der Waals surface area (Å²) < 4.78 is -1.70. The number of carboxylic acids is 3. The van der Waals surface area contributed by atoms with E-state index in [1.165, 1.54) is 20.8 Å². The molecule has 0 bridgehead atoms. The predicted octanol–water partition coefficient (Wildman–Crippen LogP) is 3.60. The summed E-state index contributed by atoms with van der Waals surface area (Å²) in [6.45, 7) is 8.23. The average Bonchev–Trinajstić information content (AvgIpc) is 2.68. The third kappa shape index (κ3) is 4.16. The van der Waals surface area contributed by atoms with Crippen molar-refractivity contribution in [3.8, 4) is 0 Å². The number of carbonyl (C=O) groups excluding carboxylic acids is 3. The van der Waals surface area contributed by atoms with Crippen LogP contribution in [0.3, 0.4) is 0 Å². The van der Waals surface area contributed by atoms with Gasteiger partial charge in [-0.05, 0) is 0 Å². The summed E-state index contributed by atoms with van der Waals surface area (Å²) in [4.78, 5) is 78.4. The van der Waals surface area contributed by atoms with Crippen LogP contribution in [0, 0.1) is 0 Å². The molecule has 0 radical (unpaired) electrons. The van der Waals surface area contributed by atoms with Crippen molar-refractivity contribution in [1.82, 2.24) is 0 Å². The summed E-state index contributed by atoms with van der Waals surface area (Å²) in [5.41, 5.74) is 0. The van der Waals surface area contributed by atoms with E-state index < -0.39 is 84.6 Å². The van der Waals surface area contributed by atoms with Gasteiger partial charge in [-0.2, -0.15) is 0 Å². The van der Waals surface area contributed by atoms with Gasteiger partial charge in [-0.25, -0.2) is 0 Å². The van der Waals surface area contributed by atoms with Crippen molar-refractivity contribution in [2.75, 3.05) is 6.61 Å². The van der Waals surface area contributed by atoms with E-state index in [-0.39, 0.29) is 13.0 Å². The second kappa shape index (κ2) is 11.6. The van der Waals surface area contributed by atoms with Gasteiger partial charge in [0.05, 0.1) is 0 Å². The molecule has 0 aliphatic heterocycles. The van der Waals surface area contributed by atoms with E-state index in [2.05, 4.69) is 0 Å². The average molecular weight is 552 g/mol. The minimum atomic E-state index is -6.59. The zero-order valence-corrected chi connectivity index (χ0v) is 22.9. The standard InChI is InChI=1S/3C6H9O3.C4H9O.Zr/c3*1-3-5(4(2)7)6(8)9;1-2-3-4-5;/h3*3H2,1-2H3,(H,8,9);2-4H2,1H3;/q;;;-1;+1. The first-order valence-electron chi connectivity index (χ1n) is 11.0. The van der Waals surface area contributed by atoms with Gasteiger partial charge in [0.25, 0.3) is 0 Å². The number of unbranched alkanes of at least 4 members (excludes halogenated alkanes) is 1. The molecule has 11 heteroatoms. The molecule has 0 rings (SSSR count). The van der Waals surface area contributed by atoms with Crippen molar-refractivity contribution < 1.29 is 67.6 Å². The van der Waals surface area contributed by atoms with Gasteiger partial charge in [0.1, 0.15) is 0 Å². The number of rotatable bonds is 16. The SMILES string of the molecule is CCCC[O][Zr]([C](CC)(C(C)=O)C(=O)O)([C](CC)(C(C)=O)C(=O)O)[C](CC)(C(C)=O)C(=O)O. The van der Waals surface area contributed by atoms with Gasteiger partial charge >= 0.3 is 199 Å². The maximum absolute atomic E-state index is 13.2. The molecule has 0 aliphatic rings. The van der Waals surface area contributed by atoms with E-state index in [0.29, 0.717) is 6.42 Å². The summed E-state index contributed by atoms with van der Waals surface area (Å²) in [5.74, 6) is -8.39. The summed E-state index contributed by atoms with van der Waals surface area (Å²) >= 11 is -6.59. The topological polar surface area (TPSA) is 172 Å².